The van der Waals surface area contributed by atoms with Gasteiger partial charge in [-0.1, -0.05) is 11.6 Å². The maximum atomic E-state index is 11.5. The van der Waals surface area contributed by atoms with Gasteiger partial charge in [-0.3, -0.25) is 0 Å². The van der Waals surface area contributed by atoms with Crippen LogP contribution in [-0.4, -0.2) is 27.2 Å². The van der Waals surface area contributed by atoms with Crippen LogP contribution in [0.2, 0.25) is 5.15 Å². The van der Waals surface area contributed by atoms with Crippen LogP contribution in [0.15, 0.2) is 18.5 Å². The minimum absolute atomic E-state index is 0.321. The standard InChI is InChI=1S/C9H8ClN3O2/c1-2-15-9(14)6-3-4-7(10)13-8(6)11-5-12-13/h3-5H,2H2,1H3. The summed E-state index contributed by atoms with van der Waals surface area (Å²) in [5.41, 5.74) is 0.764. The van der Waals surface area contributed by atoms with E-state index in [9.17, 15) is 4.79 Å². The van der Waals surface area contributed by atoms with Crippen LogP contribution in [0.5, 0.6) is 0 Å². The summed E-state index contributed by atoms with van der Waals surface area (Å²) < 4.78 is 6.26. The van der Waals surface area contributed by atoms with Gasteiger partial charge < -0.3 is 4.74 Å². The maximum absolute atomic E-state index is 11.5. The molecule has 2 aromatic heterocycles. The molecule has 2 aromatic rings. The molecule has 0 aliphatic rings. The third kappa shape index (κ3) is 1.66. The minimum Gasteiger partial charge on any atom is -0.462 e. The lowest BCUT2D eigenvalue weighted by atomic mass is 10.3. The van der Waals surface area contributed by atoms with Crippen molar-refractivity contribution in [1.82, 2.24) is 14.6 Å². The number of carbonyl (C=O) groups excluding carboxylic acids is 1. The lowest BCUT2D eigenvalue weighted by Crippen LogP contribution is -2.07. The molecule has 78 valence electrons. The first-order valence-corrected chi connectivity index (χ1v) is 4.77. The molecule has 0 aliphatic carbocycles. The average Bonchev–Trinajstić information content (AvgIpc) is 2.68. The van der Waals surface area contributed by atoms with E-state index >= 15 is 0 Å². The molecule has 0 bridgehead atoms. The van der Waals surface area contributed by atoms with E-state index < -0.39 is 5.97 Å². The Kier molecular flexibility index (Phi) is 2.55. The summed E-state index contributed by atoms with van der Waals surface area (Å²) in [7, 11) is 0. The van der Waals surface area contributed by atoms with Gasteiger partial charge in [0.25, 0.3) is 0 Å². The molecule has 0 saturated carbocycles. The van der Waals surface area contributed by atoms with Gasteiger partial charge in [-0.25, -0.2) is 14.3 Å². The summed E-state index contributed by atoms with van der Waals surface area (Å²) in [5, 5.41) is 4.29. The van der Waals surface area contributed by atoms with Crippen LogP contribution in [0.25, 0.3) is 5.65 Å². The predicted octanol–water partition coefficient (Wildman–Crippen LogP) is 1.56. The van der Waals surface area contributed by atoms with E-state index in [1.54, 1.807) is 19.1 Å². The molecule has 15 heavy (non-hydrogen) atoms. The third-order valence-corrected chi connectivity index (χ3v) is 2.16. The number of pyridine rings is 1. The Morgan fingerprint density at radius 1 is 1.60 bits per heavy atom. The molecule has 5 nitrogen and oxygen atoms in total. The monoisotopic (exact) mass is 225 g/mol. The Hall–Kier alpha value is -1.62. The summed E-state index contributed by atoms with van der Waals surface area (Å²) in [6.45, 7) is 2.07. The molecule has 0 aliphatic heterocycles. The first-order chi connectivity index (χ1) is 7.24. The van der Waals surface area contributed by atoms with Gasteiger partial charge in [0.2, 0.25) is 0 Å². The SMILES string of the molecule is CCOC(=O)c1ccc(Cl)n2ncnc12. The summed E-state index contributed by atoms with van der Waals surface area (Å²) in [6, 6.07) is 3.15. The van der Waals surface area contributed by atoms with Crippen molar-refractivity contribution in [1.29, 1.82) is 0 Å². The first kappa shape index (κ1) is 9.92. The molecule has 0 atom stereocenters. The van der Waals surface area contributed by atoms with Gasteiger partial charge in [0.15, 0.2) is 5.65 Å². The molecule has 0 fully saturated rings. The van der Waals surface area contributed by atoms with E-state index in [2.05, 4.69) is 10.1 Å². The molecular weight excluding hydrogens is 218 g/mol. The van der Waals surface area contributed by atoms with Crippen LogP contribution in [0.1, 0.15) is 17.3 Å². The van der Waals surface area contributed by atoms with Crippen molar-refractivity contribution in [2.45, 2.75) is 6.92 Å². The fraction of sp³-hybridized carbons (Fsp3) is 0.222. The lowest BCUT2D eigenvalue weighted by molar-refractivity contribution is 0.0528. The van der Waals surface area contributed by atoms with Crippen molar-refractivity contribution >= 4 is 23.2 Å². The van der Waals surface area contributed by atoms with E-state index in [1.165, 1.54) is 10.8 Å². The van der Waals surface area contributed by atoms with Crippen LogP contribution < -0.4 is 0 Å². The molecule has 0 aromatic carbocycles. The Balaban J connectivity index is 2.57. The van der Waals surface area contributed by atoms with Gasteiger partial charge in [0.05, 0.1) is 6.61 Å². The molecule has 0 saturated heterocycles. The second-order valence-corrected chi connectivity index (χ2v) is 3.17. The van der Waals surface area contributed by atoms with Gasteiger partial charge in [0, 0.05) is 0 Å². The van der Waals surface area contributed by atoms with Crippen LogP contribution >= 0.6 is 11.6 Å². The maximum Gasteiger partial charge on any atom is 0.341 e. The highest BCUT2D eigenvalue weighted by atomic mass is 35.5. The number of carbonyl (C=O) groups is 1. The number of hydrogen-bond donors (Lipinski definition) is 0. The predicted molar refractivity (Wildman–Crippen MR) is 54.0 cm³/mol. The summed E-state index contributed by atoms with van der Waals surface area (Å²) in [6.07, 6.45) is 1.34. The van der Waals surface area contributed by atoms with Crippen molar-refractivity contribution in [3.8, 4) is 0 Å². The van der Waals surface area contributed by atoms with Gasteiger partial charge >= 0.3 is 5.97 Å². The summed E-state index contributed by atoms with van der Waals surface area (Å²) in [5.74, 6) is -0.424. The Morgan fingerprint density at radius 2 is 2.40 bits per heavy atom. The summed E-state index contributed by atoms with van der Waals surface area (Å²) >= 11 is 5.86. The summed E-state index contributed by atoms with van der Waals surface area (Å²) in [4.78, 5) is 15.5. The van der Waals surface area contributed by atoms with Gasteiger partial charge in [-0.2, -0.15) is 5.10 Å². The zero-order valence-electron chi connectivity index (χ0n) is 7.98. The molecule has 2 rings (SSSR count). The topological polar surface area (TPSA) is 56.5 Å². The molecule has 2 heterocycles. The van der Waals surface area contributed by atoms with Crippen LogP contribution in [0.4, 0.5) is 0 Å². The molecular formula is C9H8ClN3O2. The third-order valence-electron chi connectivity index (χ3n) is 1.87. The number of fused-ring (bicyclic) bond motifs is 1. The molecule has 0 radical (unpaired) electrons. The van der Waals surface area contributed by atoms with Crippen molar-refractivity contribution in [3.05, 3.63) is 29.2 Å². The number of nitrogens with zero attached hydrogens (tertiary/aromatic N) is 3. The first-order valence-electron chi connectivity index (χ1n) is 4.39. The number of halogens is 1. The van der Waals surface area contributed by atoms with E-state index in [0.717, 1.165) is 0 Å². The largest absolute Gasteiger partial charge is 0.462 e. The number of hydrogen-bond acceptors (Lipinski definition) is 4. The van der Waals surface area contributed by atoms with Crippen molar-refractivity contribution in [2.24, 2.45) is 0 Å². The molecule has 0 N–H and O–H groups in total. The normalized spacial score (nSPS) is 10.5. The highest BCUT2D eigenvalue weighted by molar-refractivity contribution is 6.29. The van der Waals surface area contributed by atoms with Gasteiger partial charge in [-0.15, -0.1) is 0 Å². The zero-order chi connectivity index (χ0) is 10.8. The highest BCUT2D eigenvalue weighted by Gasteiger charge is 2.14. The van der Waals surface area contributed by atoms with E-state index in [4.69, 9.17) is 16.3 Å². The molecule has 0 spiro atoms. The number of ether oxygens (including phenoxy) is 1. The average molecular weight is 226 g/mol. The van der Waals surface area contributed by atoms with Gasteiger partial charge in [0.1, 0.15) is 17.0 Å². The zero-order valence-corrected chi connectivity index (χ0v) is 8.73. The Bertz CT molecular complexity index is 509. The van der Waals surface area contributed by atoms with E-state index in [-0.39, 0.29) is 0 Å². The molecule has 0 amide bonds. The number of aromatic nitrogens is 3. The van der Waals surface area contributed by atoms with Crippen molar-refractivity contribution < 1.29 is 9.53 Å². The van der Waals surface area contributed by atoms with E-state index in [0.29, 0.717) is 23.0 Å². The van der Waals surface area contributed by atoms with Crippen molar-refractivity contribution in [2.75, 3.05) is 6.61 Å². The molecule has 0 unspecified atom stereocenters. The second kappa shape index (κ2) is 3.86. The van der Waals surface area contributed by atoms with E-state index in [1.807, 2.05) is 0 Å². The fourth-order valence-corrected chi connectivity index (χ4v) is 1.43. The van der Waals surface area contributed by atoms with Crippen LogP contribution in [0, 0.1) is 0 Å². The number of esters is 1. The van der Waals surface area contributed by atoms with Crippen LogP contribution in [0.3, 0.4) is 0 Å². The Morgan fingerprint density at radius 3 is 3.13 bits per heavy atom. The fourth-order valence-electron chi connectivity index (χ4n) is 1.25. The molecule has 6 heteroatoms. The second-order valence-electron chi connectivity index (χ2n) is 2.79. The number of rotatable bonds is 2. The van der Waals surface area contributed by atoms with Crippen molar-refractivity contribution in [3.63, 3.8) is 0 Å². The minimum atomic E-state index is -0.424. The quantitative estimate of drug-likeness (QED) is 0.575. The van der Waals surface area contributed by atoms with Crippen LogP contribution in [-0.2, 0) is 4.74 Å². The van der Waals surface area contributed by atoms with Gasteiger partial charge in [-0.05, 0) is 19.1 Å². The smallest absolute Gasteiger partial charge is 0.341 e. The Labute approximate surface area is 90.6 Å². The lowest BCUT2D eigenvalue weighted by Gasteiger charge is -2.03. The highest BCUT2D eigenvalue weighted by Crippen LogP contribution is 2.15.